The van der Waals surface area contributed by atoms with E-state index in [0.717, 1.165) is 10.5 Å². The van der Waals surface area contributed by atoms with Gasteiger partial charge in [-0.3, -0.25) is 0 Å². The Labute approximate surface area is 110 Å². The molecule has 94 valence electrons. The summed E-state index contributed by atoms with van der Waals surface area (Å²) >= 11 is 1.55. The number of halogens is 2. The zero-order valence-electron chi connectivity index (χ0n) is 10.3. The van der Waals surface area contributed by atoms with Crippen molar-refractivity contribution in [2.75, 3.05) is 0 Å². The van der Waals surface area contributed by atoms with Crippen LogP contribution in [0.1, 0.15) is 16.7 Å². The number of aryl methyl sites for hydroxylation is 2. The van der Waals surface area contributed by atoms with E-state index in [1.165, 1.54) is 12.1 Å². The van der Waals surface area contributed by atoms with Crippen LogP contribution in [0, 0.1) is 25.5 Å². The van der Waals surface area contributed by atoms with Crippen molar-refractivity contribution < 1.29 is 8.78 Å². The third-order valence-corrected chi connectivity index (χ3v) is 3.84. The summed E-state index contributed by atoms with van der Waals surface area (Å²) in [6.45, 7) is 3.49. The van der Waals surface area contributed by atoms with Gasteiger partial charge in [0, 0.05) is 10.6 Å². The summed E-state index contributed by atoms with van der Waals surface area (Å²) in [5.74, 6) is 0.337. The molecule has 0 aromatic heterocycles. The molecule has 0 radical (unpaired) electrons. The number of benzene rings is 2. The Balaban J connectivity index is 2.06. The standard InChI is InChI=1S/C15H14F2S/c1-10-3-5-13(8-15(10)17)18-9-12-4-6-14(16)11(2)7-12/h3-8H,9H2,1-2H3. The Hall–Kier alpha value is -1.35. The Morgan fingerprint density at radius 2 is 1.67 bits per heavy atom. The first-order valence-corrected chi connectivity index (χ1v) is 6.69. The number of thioether (sulfide) groups is 1. The second kappa shape index (κ2) is 5.53. The second-order valence-corrected chi connectivity index (χ2v) is 5.33. The SMILES string of the molecule is Cc1cc(CSc2ccc(C)c(F)c2)ccc1F. The van der Waals surface area contributed by atoms with E-state index in [4.69, 9.17) is 0 Å². The van der Waals surface area contributed by atoms with E-state index in [9.17, 15) is 8.78 Å². The molecule has 18 heavy (non-hydrogen) atoms. The fraction of sp³-hybridized carbons (Fsp3) is 0.200. The molecule has 2 rings (SSSR count). The van der Waals surface area contributed by atoms with E-state index in [0.29, 0.717) is 16.9 Å². The lowest BCUT2D eigenvalue weighted by atomic mass is 10.1. The third kappa shape index (κ3) is 3.10. The van der Waals surface area contributed by atoms with Crippen LogP contribution in [0.4, 0.5) is 8.78 Å². The van der Waals surface area contributed by atoms with Gasteiger partial charge in [-0.2, -0.15) is 0 Å². The molecule has 0 nitrogen and oxygen atoms in total. The average molecular weight is 264 g/mol. The lowest BCUT2D eigenvalue weighted by molar-refractivity contribution is 0.615. The topological polar surface area (TPSA) is 0 Å². The first-order chi connectivity index (χ1) is 8.56. The second-order valence-electron chi connectivity index (χ2n) is 4.28. The van der Waals surface area contributed by atoms with Gasteiger partial charge < -0.3 is 0 Å². The monoisotopic (exact) mass is 264 g/mol. The molecule has 0 saturated heterocycles. The maximum absolute atomic E-state index is 13.4. The highest BCUT2D eigenvalue weighted by Crippen LogP contribution is 2.25. The Morgan fingerprint density at radius 1 is 0.889 bits per heavy atom. The molecule has 0 fully saturated rings. The average Bonchev–Trinajstić information content (AvgIpc) is 2.35. The van der Waals surface area contributed by atoms with Gasteiger partial charge >= 0.3 is 0 Å². The fourth-order valence-corrected chi connectivity index (χ4v) is 2.49. The zero-order chi connectivity index (χ0) is 13.1. The van der Waals surface area contributed by atoms with E-state index in [1.54, 1.807) is 37.7 Å². The molecular weight excluding hydrogens is 250 g/mol. The van der Waals surface area contributed by atoms with Crippen molar-refractivity contribution in [3.05, 3.63) is 64.7 Å². The summed E-state index contributed by atoms with van der Waals surface area (Å²) < 4.78 is 26.5. The summed E-state index contributed by atoms with van der Waals surface area (Å²) in [5.41, 5.74) is 2.33. The van der Waals surface area contributed by atoms with E-state index in [1.807, 2.05) is 12.1 Å². The molecule has 0 atom stereocenters. The summed E-state index contributed by atoms with van der Waals surface area (Å²) in [5, 5.41) is 0. The molecule has 3 heteroatoms. The van der Waals surface area contributed by atoms with Gasteiger partial charge in [0.15, 0.2) is 0 Å². The van der Waals surface area contributed by atoms with Crippen molar-refractivity contribution in [3.8, 4) is 0 Å². The van der Waals surface area contributed by atoms with Crippen molar-refractivity contribution in [3.63, 3.8) is 0 Å². The van der Waals surface area contributed by atoms with Crippen LogP contribution in [0.2, 0.25) is 0 Å². The van der Waals surface area contributed by atoms with Crippen molar-refractivity contribution in [1.82, 2.24) is 0 Å². The van der Waals surface area contributed by atoms with E-state index in [-0.39, 0.29) is 11.6 Å². The molecule has 0 aliphatic heterocycles. The highest BCUT2D eigenvalue weighted by molar-refractivity contribution is 7.98. The number of hydrogen-bond acceptors (Lipinski definition) is 1. The minimum Gasteiger partial charge on any atom is -0.207 e. The summed E-state index contributed by atoms with van der Waals surface area (Å²) in [4.78, 5) is 0.889. The fourth-order valence-electron chi connectivity index (χ4n) is 1.63. The molecule has 0 bridgehead atoms. The summed E-state index contributed by atoms with van der Waals surface area (Å²) in [6, 6.07) is 10.3. The van der Waals surface area contributed by atoms with Crippen LogP contribution < -0.4 is 0 Å². The highest BCUT2D eigenvalue weighted by atomic mass is 32.2. The lowest BCUT2D eigenvalue weighted by Gasteiger charge is -2.05. The van der Waals surface area contributed by atoms with Crippen LogP contribution in [0.25, 0.3) is 0 Å². The third-order valence-electron chi connectivity index (χ3n) is 2.77. The first-order valence-electron chi connectivity index (χ1n) is 5.70. The quantitative estimate of drug-likeness (QED) is 0.712. The Bertz CT molecular complexity index is 513. The van der Waals surface area contributed by atoms with Gasteiger partial charge in [0.25, 0.3) is 0 Å². The van der Waals surface area contributed by atoms with Crippen LogP contribution in [0.5, 0.6) is 0 Å². The van der Waals surface area contributed by atoms with Gasteiger partial charge in [0.2, 0.25) is 0 Å². The Kier molecular flexibility index (Phi) is 4.02. The minimum atomic E-state index is -0.190. The van der Waals surface area contributed by atoms with Gasteiger partial charge in [0.1, 0.15) is 11.6 Å². The molecule has 0 amide bonds. The summed E-state index contributed by atoms with van der Waals surface area (Å²) in [6.07, 6.45) is 0. The first kappa shape index (κ1) is 13.1. The summed E-state index contributed by atoms with van der Waals surface area (Å²) in [7, 11) is 0. The van der Waals surface area contributed by atoms with Crippen molar-refractivity contribution in [2.24, 2.45) is 0 Å². The van der Waals surface area contributed by atoms with Crippen LogP contribution >= 0.6 is 11.8 Å². The van der Waals surface area contributed by atoms with Crippen molar-refractivity contribution in [2.45, 2.75) is 24.5 Å². The van der Waals surface area contributed by atoms with E-state index < -0.39 is 0 Å². The molecule has 0 N–H and O–H groups in total. The molecular formula is C15H14F2S. The van der Waals surface area contributed by atoms with E-state index in [2.05, 4.69) is 0 Å². The Morgan fingerprint density at radius 3 is 2.33 bits per heavy atom. The maximum Gasteiger partial charge on any atom is 0.127 e. The molecule has 2 aromatic carbocycles. The van der Waals surface area contributed by atoms with Crippen molar-refractivity contribution >= 4 is 11.8 Å². The van der Waals surface area contributed by atoms with Crippen LogP contribution in [0.15, 0.2) is 41.3 Å². The molecule has 0 unspecified atom stereocenters. The molecule has 0 spiro atoms. The number of rotatable bonds is 3. The zero-order valence-corrected chi connectivity index (χ0v) is 11.2. The lowest BCUT2D eigenvalue weighted by Crippen LogP contribution is -1.87. The van der Waals surface area contributed by atoms with Gasteiger partial charge in [0.05, 0.1) is 0 Å². The smallest absolute Gasteiger partial charge is 0.127 e. The normalized spacial score (nSPS) is 10.7. The van der Waals surface area contributed by atoms with Crippen LogP contribution in [0.3, 0.4) is 0 Å². The van der Waals surface area contributed by atoms with Gasteiger partial charge in [-0.05, 0) is 48.7 Å². The van der Waals surface area contributed by atoms with Crippen LogP contribution in [-0.2, 0) is 5.75 Å². The highest BCUT2D eigenvalue weighted by Gasteiger charge is 2.02. The predicted molar refractivity (Wildman–Crippen MR) is 71.8 cm³/mol. The molecule has 0 aliphatic carbocycles. The maximum atomic E-state index is 13.4. The van der Waals surface area contributed by atoms with Crippen LogP contribution in [-0.4, -0.2) is 0 Å². The molecule has 0 aliphatic rings. The van der Waals surface area contributed by atoms with E-state index >= 15 is 0 Å². The van der Waals surface area contributed by atoms with Gasteiger partial charge in [-0.25, -0.2) is 8.78 Å². The molecule has 0 saturated carbocycles. The molecule has 0 heterocycles. The van der Waals surface area contributed by atoms with Gasteiger partial charge in [-0.1, -0.05) is 18.2 Å². The molecule has 2 aromatic rings. The largest absolute Gasteiger partial charge is 0.207 e. The van der Waals surface area contributed by atoms with Gasteiger partial charge in [-0.15, -0.1) is 11.8 Å². The number of hydrogen-bond donors (Lipinski definition) is 0. The van der Waals surface area contributed by atoms with Crippen molar-refractivity contribution in [1.29, 1.82) is 0 Å². The minimum absolute atomic E-state index is 0.185. The predicted octanol–water partition coefficient (Wildman–Crippen LogP) is 4.87.